The number of carbonyl (C=O) groups excluding carboxylic acids is 1. The van der Waals surface area contributed by atoms with Gasteiger partial charge in [0.15, 0.2) is 0 Å². The molecular formula is C19H19N3O3. The van der Waals surface area contributed by atoms with E-state index in [1.54, 1.807) is 17.3 Å². The summed E-state index contributed by atoms with van der Waals surface area (Å²) in [6, 6.07) is 11.3. The zero-order valence-electron chi connectivity index (χ0n) is 13.8. The van der Waals surface area contributed by atoms with E-state index in [0.717, 1.165) is 23.8 Å². The number of benzene rings is 1. The number of fused-ring (bicyclic) bond motifs is 1. The largest absolute Gasteiger partial charge is 0.372 e. The van der Waals surface area contributed by atoms with E-state index in [2.05, 4.69) is 10.1 Å². The lowest BCUT2D eigenvalue weighted by Crippen LogP contribution is -2.43. The molecule has 0 aliphatic carbocycles. The van der Waals surface area contributed by atoms with E-state index in [9.17, 15) is 4.79 Å². The molecule has 128 valence electrons. The first-order valence-corrected chi connectivity index (χ1v) is 8.45. The van der Waals surface area contributed by atoms with Gasteiger partial charge in [-0.05, 0) is 36.6 Å². The Bertz CT molecular complexity index is 862. The highest BCUT2D eigenvalue weighted by Crippen LogP contribution is 2.22. The van der Waals surface area contributed by atoms with Gasteiger partial charge in [0.05, 0.1) is 18.1 Å². The standard InChI is InChI=1S/C19H19N3O3/c23-19(18-16-7-1-2-8-17(16)21-25-18)22-10-4-6-15(12-22)24-13-14-5-3-9-20-11-14/h1-3,5,7-9,11,15H,4,6,10,12-13H2/t15-/m1/s1. The van der Waals surface area contributed by atoms with E-state index in [4.69, 9.17) is 9.26 Å². The molecule has 1 aliphatic heterocycles. The van der Waals surface area contributed by atoms with Crippen molar-refractivity contribution in [1.82, 2.24) is 15.0 Å². The van der Waals surface area contributed by atoms with Crippen molar-refractivity contribution in [3.63, 3.8) is 0 Å². The number of hydrogen-bond acceptors (Lipinski definition) is 5. The molecule has 1 atom stereocenters. The van der Waals surface area contributed by atoms with Gasteiger partial charge in [-0.3, -0.25) is 9.78 Å². The molecule has 1 saturated heterocycles. The maximum atomic E-state index is 12.8. The van der Waals surface area contributed by atoms with Crippen LogP contribution < -0.4 is 0 Å². The normalized spacial score (nSPS) is 17.8. The first kappa shape index (κ1) is 15.8. The summed E-state index contributed by atoms with van der Waals surface area (Å²) in [6.45, 7) is 1.78. The second-order valence-corrected chi connectivity index (χ2v) is 6.22. The molecule has 0 bridgehead atoms. The average Bonchev–Trinajstić information content (AvgIpc) is 3.11. The lowest BCUT2D eigenvalue weighted by molar-refractivity contribution is -0.00775. The smallest absolute Gasteiger partial charge is 0.293 e. The second-order valence-electron chi connectivity index (χ2n) is 6.22. The van der Waals surface area contributed by atoms with Crippen LogP contribution in [0.4, 0.5) is 0 Å². The zero-order chi connectivity index (χ0) is 17.1. The topological polar surface area (TPSA) is 68.5 Å². The van der Waals surface area contributed by atoms with E-state index in [-0.39, 0.29) is 12.0 Å². The summed E-state index contributed by atoms with van der Waals surface area (Å²) in [5.41, 5.74) is 1.74. The molecule has 0 saturated carbocycles. The lowest BCUT2D eigenvalue weighted by Gasteiger charge is -2.32. The molecule has 3 aromatic rings. The number of amides is 1. The van der Waals surface area contributed by atoms with Crippen molar-refractivity contribution in [2.45, 2.75) is 25.6 Å². The Morgan fingerprint density at radius 3 is 3.08 bits per heavy atom. The molecule has 1 aliphatic rings. The van der Waals surface area contributed by atoms with Crippen LogP contribution in [-0.4, -0.2) is 40.1 Å². The van der Waals surface area contributed by atoms with Gasteiger partial charge in [-0.1, -0.05) is 23.4 Å². The molecule has 0 unspecified atom stereocenters. The van der Waals surface area contributed by atoms with Crippen LogP contribution in [-0.2, 0) is 11.3 Å². The number of rotatable bonds is 4. The van der Waals surface area contributed by atoms with Gasteiger partial charge in [-0.25, -0.2) is 0 Å². The number of pyridine rings is 1. The molecular weight excluding hydrogens is 318 g/mol. The van der Waals surface area contributed by atoms with Crippen LogP contribution in [0, 0.1) is 0 Å². The number of piperidine rings is 1. The van der Waals surface area contributed by atoms with Gasteiger partial charge < -0.3 is 14.2 Å². The predicted octanol–water partition coefficient (Wildman–Crippen LogP) is 3.04. The molecule has 1 amide bonds. The monoisotopic (exact) mass is 337 g/mol. The summed E-state index contributed by atoms with van der Waals surface area (Å²) in [5, 5.41) is 4.72. The van der Waals surface area contributed by atoms with Gasteiger partial charge in [0.2, 0.25) is 5.76 Å². The third-order valence-electron chi connectivity index (χ3n) is 4.45. The molecule has 0 spiro atoms. The summed E-state index contributed by atoms with van der Waals surface area (Å²) in [7, 11) is 0. The number of hydrogen-bond donors (Lipinski definition) is 0. The molecule has 6 heteroatoms. The Balaban J connectivity index is 1.43. The van der Waals surface area contributed by atoms with Crippen LogP contribution in [0.15, 0.2) is 53.3 Å². The summed E-state index contributed by atoms with van der Waals surface area (Å²) in [6.07, 6.45) is 5.42. The van der Waals surface area contributed by atoms with Crippen molar-refractivity contribution < 1.29 is 14.1 Å². The van der Waals surface area contributed by atoms with Gasteiger partial charge in [0.1, 0.15) is 5.52 Å². The Kier molecular flexibility index (Phi) is 4.43. The predicted molar refractivity (Wildman–Crippen MR) is 92.0 cm³/mol. The van der Waals surface area contributed by atoms with E-state index >= 15 is 0 Å². The lowest BCUT2D eigenvalue weighted by atomic mass is 10.1. The SMILES string of the molecule is O=C(c1onc2ccccc12)N1CCC[C@@H](OCc2cccnc2)C1. The highest BCUT2D eigenvalue weighted by atomic mass is 16.5. The first-order valence-electron chi connectivity index (χ1n) is 8.45. The van der Waals surface area contributed by atoms with E-state index in [1.807, 2.05) is 36.4 Å². The van der Waals surface area contributed by atoms with Crippen LogP contribution >= 0.6 is 0 Å². The van der Waals surface area contributed by atoms with E-state index in [0.29, 0.717) is 31.0 Å². The highest BCUT2D eigenvalue weighted by molar-refractivity contribution is 6.03. The van der Waals surface area contributed by atoms with Crippen LogP contribution in [0.2, 0.25) is 0 Å². The molecule has 4 rings (SSSR count). The van der Waals surface area contributed by atoms with Crippen molar-refractivity contribution in [1.29, 1.82) is 0 Å². The van der Waals surface area contributed by atoms with Crippen molar-refractivity contribution >= 4 is 16.8 Å². The Morgan fingerprint density at radius 1 is 1.28 bits per heavy atom. The fraction of sp³-hybridized carbons (Fsp3) is 0.316. The molecule has 0 N–H and O–H groups in total. The van der Waals surface area contributed by atoms with Gasteiger partial charge in [-0.15, -0.1) is 0 Å². The summed E-state index contributed by atoms with van der Waals surface area (Å²) < 4.78 is 11.3. The molecule has 1 fully saturated rings. The van der Waals surface area contributed by atoms with Crippen molar-refractivity contribution in [3.8, 4) is 0 Å². The van der Waals surface area contributed by atoms with Crippen LogP contribution in [0.5, 0.6) is 0 Å². The maximum Gasteiger partial charge on any atom is 0.293 e. The summed E-state index contributed by atoms with van der Waals surface area (Å²) in [4.78, 5) is 18.7. The van der Waals surface area contributed by atoms with Crippen LogP contribution in [0.3, 0.4) is 0 Å². The molecule has 2 aromatic heterocycles. The molecule has 3 heterocycles. The van der Waals surface area contributed by atoms with Gasteiger partial charge >= 0.3 is 0 Å². The van der Waals surface area contributed by atoms with Crippen LogP contribution in [0.25, 0.3) is 10.9 Å². The molecule has 25 heavy (non-hydrogen) atoms. The third-order valence-corrected chi connectivity index (χ3v) is 4.45. The fourth-order valence-corrected chi connectivity index (χ4v) is 3.14. The van der Waals surface area contributed by atoms with Gasteiger partial charge in [0.25, 0.3) is 5.91 Å². The number of likely N-dealkylation sites (tertiary alicyclic amines) is 1. The Hall–Kier alpha value is -2.73. The van der Waals surface area contributed by atoms with Crippen molar-refractivity contribution in [2.24, 2.45) is 0 Å². The minimum Gasteiger partial charge on any atom is -0.372 e. The van der Waals surface area contributed by atoms with Crippen molar-refractivity contribution in [3.05, 3.63) is 60.1 Å². The number of ether oxygens (including phenoxy) is 1. The Labute approximate surface area is 145 Å². The number of carbonyl (C=O) groups is 1. The fourth-order valence-electron chi connectivity index (χ4n) is 3.14. The van der Waals surface area contributed by atoms with E-state index < -0.39 is 0 Å². The number of aromatic nitrogens is 2. The highest BCUT2D eigenvalue weighted by Gasteiger charge is 2.28. The summed E-state index contributed by atoms with van der Waals surface area (Å²) >= 11 is 0. The zero-order valence-corrected chi connectivity index (χ0v) is 13.8. The van der Waals surface area contributed by atoms with Gasteiger partial charge in [-0.2, -0.15) is 0 Å². The quantitative estimate of drug-likeness (QED) is 0.732. The third kappa shape index (κ3) is 3.39. The number of nitrogens with zero attached hydrogens (tertiary/aromatic N) is 3. The molecule has 6 nitrogen and oxygen atoms in total. The van der Waals surface area contributed by atoms with Crippen LogP contribution in [0.1, 0.15) is 29.0 Å². The minimum atomic E-state index is -0.122. The second kappa shape index (κ2) is 7.03. The van der Waals surface area contributed by atoms with Gasteiger partial charge in [0, 0.05) is 25.5 Å². The minimum absolute atomic E-state index is 0.0205. The summed E-state index contributed by atoms with van der Waals surface area (Å²) in [5.74, 6) is 0.187. The molecule has 1 aromatic carbocycles. The maximum absolute atomic E-state index is 12.8. The molecule has 0 radical (unpaired) electrons. The Morgan fingerprint density at radius 2 is 2.20 bits per heavy atom. The van der Waals surface area contributed by atoms with E-state index in [1.165, 1.54) is 0 Å². The van der Waals surface area contributed by atoms with Crippen molar-refractivity contribution in [2.75, 3.05) is 13.1 Å². The first-order chi connectivity index (χ1) is 12.3. The average molecular weight is 337 g/mol.